The first-order valence-electron chi connectivity index (χ1n) is 13.8. The van der Waals surface area contributed by atoms with E-state index in [1.165, 1.54) is 0 Å². The van der Waals surface area contributed by atoms with Crippen molar-refractivity contribution in [3.8, 4) is 0 Å². The van der Waals surface area contributed by atoms with Gasteiger partial charge in [-0.2, -0.15) is 0 Å². The summed E-state index contributed by atoms with van der Waals surface area (Å²) in [5.41, 5.74) is -1.83. The number of rotatable bonds is 16. The summed E-state index contributed by atoms with van der Waals surface area (Å²) in [7, 11) is 1.05. The van der Waals surface area contributed by atoms with Gasteiger partial charge in [-0.05, 0) is 78.3 Å². The molecule has 0 aliphatic carbocycles. The molecule has 0 bridgehead atoms. The van der Waals surface area contributed by atoms with Crippen molar-refractivity contribution < 1.29 is 32.8 Å². The Morgan fingerprint density at radius 3 is 1.79 bits per heavy atom. The molecule has 0 aromatic rings. The number of carbonyl (C=O) groups is 4. The molecule has 0 saturated heterocycles. The Kier molecular flexibility index (Phi) is 15.4. The van der Waals surface area contributed by atoms with Gasteiger partial charge in [0.15, 0.2) is 0 Å². The van der Waals surface area contributed by atoms with Crippen LogP contribution in [0.2, 0.25) is 12.6 Å². The third kappa shape index (κ3) is 15.4. The molecule has 0 unspecified atom stereocenters. The summed E-state index contributed by atoms with van der Waals surface area (Å²) in [6.07, 6.45) is 0.593. The summed E-state index contributed by atoms with van der Waals surface area (Å²) in [6.45, 7) is 18.7. The number of alkyl carbamates (subject to hydrolysis) is 1. The van der Waals surface area contributed by atoms with E-state index in [1.54, 1.807) is 48.8 Å². The Morgan fingerprint density at radius 1 is 0.821 bits per heavy atom. The molecule has 0 heterocycles. The first-order chi connectivity index (χ1) is 17.7. The normalized spacial score (nSPS) is 14.1. The zero-order valence-corrected chi connectivity index (χ0v) is 27.2. The van der Waals surface area contributed by atoms with E-state index in [0.29, 0.717) is 25.8 Å². The second-order valence-corrected chi connectivity index (χ2v) is 16.1. The van der Waals surface area contributed by atoms with Crippen LogP contribution < -0.4 is 21.3 Å². The Balaban J connectivity index is 5.43. The Bertz CT molecular complexity index is 808. The predicted molar refractivity (Wildman–Crippen MR) is 154 cm³/mol. The van der Waals surface area contributed by atoms with Gasteiger partial charge in [0.1, 0.15) is 11.6 Å². The zero-order valence-electron chi connectivity index (χ0n) is 26.2. The highest BCUT2D eigenvalue weighted by Gasteiger charge is 2.35. The van der Waals surface area contributed by atoms with Crippen LogP contribution in [0.15, 0.2) is 0 Å². The third-order valence-corrected chi connectivity index (χ3v) is 9.04. The molecule has 0 spiro atoms. The monoisotopic (exact) mass is 574 g/mol. The van der Waals surface area contributed by atoms with Gasteiger partial charge in [-0.15, -0.1) is 0 Å². The first kappa shape index (κ1) is 37.0. The number of carbonyl (C=O) groups excluding carboxylic acids is 4. The van der Waals surface area contributed by atoms with Gasteiger partial charge in [0, 0.05) is 20.8 Å². The van der Waals surface area contributed by atoms with Crippen molar-refractivity contribution >= 4 is 32.4 Å². The molecule has 11 nitrogen and oxygen atoms in total. The maximum absolute atomic E-state index is 13.4. The number of hydrogen-bond acceptors (Lipinski definition) is 8. The maximum atomic E-state index is 13.4. The van der Waals surface area contributed by atoms with Gasteiger partial charge in [0.2, 0.25) is 11.8 Å². The topological polar surface area (TPSA) is 144 Å². The fourth-order valence-corrected chi connectivity index (χ4v) is 5.18. The lowest BCUT2D eigenvalue weighted by Crippen LogP contribution is -2.61. The average molecular weight is 575 g/mol. The summed E-state index contributed by atoms with van der Waals surface area (Å²) in [4.78, 5) is 51.4. The molecule has 0 aromatic carbocycles. The molecule has 228 valence electrons. The van der Waals surface area contributed by atoms with Crippen LogP contribution in [0.3, 0.4) is 0 Å². The Morgan fingerprint density at radius 2 is 1.33 bits per heavy atom. The standard InChI is InChI=1S/C27H54N4O7Si/c1-18(2)16-20(22(32)30-25(35)38-26(5,6)7)29-23(33)21(17-19(3)4)31-27(8,9)24(34)28-14-13-15-39(12,36-10)37-11/h18-21,31H,13-17H2,1-12H3,(H,28,34)(H,29,33)(H,30,32,35)/t20-,21-/m0/s1. The SMILES string of the molecule is CO[Si](C)(CCCNC(=O)C(C)(C)N[C@@H](CC(C)C)C(=O)N[C@@H](CC(C)C)C(=O)NC(=O)OC(C)(C)C)OC. The highest BCUT2D eigenvalue weighted by molar-refractivity contribution is 6.65. The highest BCUT2D eigenvalue weighted by Crippen LogP contribution is 2.15. The summed E-state index contributed by atoms with van der Waals surface area (Å²) in [6, 6.07) is -0.958. The van der Waals surface area contributed by atoms with Crippen LogP contribution in [-0.4, -0.2) is 76.4 Å². The van der Waals surface area contributed by atoms with E-state index in [0.717, 1.165) is 6.04 Å². The molecule has 0 fully saturated rings. The van der Waals surface area contributed by atoms with Gasteiger partial charge in [-0.1, -0.05) is 27.7 Å². The van der Waals surface area contributed by atoms with Crippen molar-refractivity contribution in [2.75, 3.05) is 20.8 Å². The molecule has 12 heteroatoms. The van der Waals surface area contributed by atoms with Crippen molar-refractivity contribution in [3.63, 3.8) is 0 Å². The van der Waals surface area contributed by atoms with E-state index < -0.39 is 49.7 Å². The van der Waals surface area contributed by atoms with E-state index in [4.69, 9.17) is 13.6 Å². The predicted octanol–water partition coefficient (Wildman–Crippen LogP) is 3.22. The lowest BCUT2D eigenvalue weighted by molar-refractivity contribution is -0.132. The van der Waals surface area contributed by atoms with E-state index in [2.05, 4.69) is 21.3 Å². The average Bonchev–Trinajstić information content (AvgIpc) is 2.78. The van der Waals surface area contributed by atoms with Crippen LogP contribution in [0.1, 0.15) is 81.6 Å². The maximum Gasteiger partial charge on any atom is 0.414 e. The number of ether oxygens (including phenoxy) is 1. The summed E-state index contributed by atoms with van der Waals surface area (Å²) >= 11 is 0. The second-order valence-electron chi connectivity index (χ2n) is 12.5. The number of amides is 4. The van der Waals surface area contributed by atoms with E-state index in [9.17, 15) is 19.2 Å². The van der Waals surface area contributed by atoms with Crippen LogP contribution in [0.5, 0.6) is 0 Å². The lowest BCUT2D eigenvalue weighted by Gasteiger charge is -2.32. The minimum absolute atomic E-state index is 0.0690. The summed E-state index contributed by atoms with van der Waals surface area (Å²) in [5, 5.41) is 11.1. The molecule has 0 rings (SSSR count). The number of hydrogen-bond donors (Lipinski definition) is 4. The lowest BCUT2D eigenvalue weighted by atomic mass is 9.96. The molecule has 0 radical (unpaired) electrons. The smallest absolute Gasteiger partial charge is 0.414 e. The van der Waals surface area contributed by atoms with Crippen LogP contribution in [0, 0.1) is 11.8 Å². The molecule has 0 saturated carbocycles. The van der Waals surface area contributed by atoms with Crippen LogP contribution >= 0.6 is 0 Å². The molecule has 0 aliphatic heterocycles. The van der Waals surface area contributed by atoms with E-state index in [1.807, 2.05) is 34.2 Å². The quantitative estimate of drug-likeness (QED) is 0.162. The van der Waals surface area contributed by atoms with Crippen LogP contribution in [0.25, 0.3) is 0 Å². The van der Waals surface area contributed by atoms with Crippen molar-refractivity contribution in [1.82, 2.24) is 21.3 Å². The van der Waals surface area contributed by atoms with Gasteiger partial charge in [0.25, 0.3) is 5.91 Å². The fourth-order valence-electron chi connectivity index (χ4n) is 3.79. The molecule has 0 aromatic heterocycles. The van der Waals surface area contributed by atoms with Gasteiger partial charge in [-0.3, -0.25) is 25.0 Å². The molecular weight excluding hydrogens is 520 g/mol. The Labute approximate surface area is 236 Å². The van der Waals surface area contributed by atoms with Gasteiger partial charge in [-0.25, -0.2) is 4.79 Å². The molecule has 39 heavy (non-hydrogen) atoms. The number of imide groups is 1. The van der Waals surface area contributed by atoms with Gasteiger partial charge < -0.3 is 24.2 Å². The second kappa shape index (κ2) is 16.3. The Hall–Kier alpha value is -2.02. The summed E-state index contributed by atoms with van der Waals surface area (Å²) < 4.78 is 16.2. The molecular formula is C27H54N4O7Si. The van der Waals surface area contributed by atoms with Gasteiger partial charge in [0.05, 0.1) is 11.6 Å². The van der Waals surface area contributed by atoms with Crippen LogP contribution in [-0.2, 0) is 28.0 Å². The summed E-state index contributed by atoms with van der Waals surface area (Å²) in [5.74, 6) is -1.11. The zero-order chi connectivity index (χ0) is 30.6. The molecule has 0 aliphatic rings. The minimum Gasteiger partial charge on any atom is -0.444 e. The molecule has 2 atom stereocenters. The molecule has 4 amide bonds. The minimum atomic E-state index is -2.22. The van der Waals surface area contributed by atoms with E-state index in [-0.39, 0.29) is 17.7 Å². The first-order valence-corrected chi connectivity index (χ1v) is 16.3. The van der Waals surface area contributed by atoms with Crippen molar-refractivity contribution in [2.24, 2.45) is 11.8 Å². The third-order valence-electron chi connectivity index (χ3n) is 6.05. The van der Waals surface area contributed by atoms with Crippen molar-refractivity contribution in [3.05, 3.63) is 0 Å². The van der Waals surface area contributed by atoms with E-state index >= 15 is 0 Å². The van der Waals surface area contributed by atoms with Gasteiger partial charge >= 0.3 is 14.7 Å². The van der Waals surface area contributed by atoms with Crippen LogP contribution in [0.4, 0.5) is 4.79 Å². The molecule has 4 N–H and O–H groups in total. The highest BCUT2D eigenvalue weighted by atomic mass is 28.4. The fraction of sp³-hybridized carbons (Fsp3) is 0.852. The van der Waals surface area contributed by atoms with Crippen molar-refractivity contribution in [1.29, 1.82) is 0 Å². The largest absolute Gasteiger partial charge is 0.444 e. The van der Waals surface area contributed by atoms with Crippen molar-refractivity contribution in [2.45, 2.75) is 117 Å². The number of nitrogens with one attached hydrogen (secondary N) is 4.